The van der Waals surface area contributed by atoms with Gasteiger partial charge in [-0.25, -0.2) is 0 Å². The van der Waals surface area contributed by atoms with E-state index in [-0.39, 0.29) is 6.29 Å². The molecule has 0 amide bonds. The number of thioether (sulfide) groups is 1. The third-order valence-electron chi connectivity index (χ3n) is 3.99. The molecular formula is C21H25N3O3S. The van der Waals surface area contributed by atoms with Gasteiger partial charge in [-0.15, -0.1) is 5.10 Å². The Morgan fingerprint density at radius 2 is 1.86 bits per heavy atom. The molecular weight excluding hydrogens is 374 g/mol. The summed E-state index contributed by atoms with van der Waals surface area (Å²) in [6.07, 6.45) is 3.20. The highest BCUT2D eigenvalue weighted by Gasteiger charge is 2.13. The van der Waals surface area contributed by atoms with E-state index in [0.717, 1.165) is 43.1 Å². The summed E-state index contributed by atoms with van der Waals surface area (Å²) in [4.78, 5) is 0. The number of nitrogens with zero attached hydrogens (tertiary/aromatic N) is 2. The molecule has 2 aromatic rings. The lowest BCUT2D eigenvalue weighted by molar-refractivity contribution is -0.183. The molecule has 1 aliphatic rings. The monoisotopic (exact) mass is 399 g/mol. The van der Waals surface area contributed by atoms with E-state index < -0.39 is 0 Å². The summed E-state index contributed by atoms with van der Waals surface area (Å²) in [6.45, 7) is 2.07. The van der Waals surface area contributed by atoms with Gasteiger partial charge in [0, 0.05) is 12.2 Å². The summed E-state index contributed by atoms with van der Waals surface area (Å²) in [5.41, 5.74) is 8.01. The quantitative estimate of drug-likeness (QED) is 0.415. The van der Waals surface area contributed by atoms with Gasteiger partial charge < -0.3 is 19.9 Å². The van der Waals surface area contributed by atoms with Gasteiger partial charge in [0.25, 0.3) is 0 Å². The summed E-state index contributed by atoms with van der Waals surface area (Å²) in [5.74, 6) is 1.57. The maximum atomic E-state index is 5.88. The van der Waals surface area contributed by atoms with Gasteiger partial charge in [-0.2, -0.15) is 5.10 Å². The van der Waals surface area contributed by atoms with Crippen LogP contribution in [0.4, 0.5) is 0 Å². The van der Waals surface area contributed by atoms with Crippen molar-refractivity contribution >= 4 is 23.1 Å². The molecule has 3 rings (SSSR count). The molecule has 0 aliphatic carbocycles. The first kappa shape index (κ1) is 20.4. The van der Waals surface area contributed by atoms with Gasteiger partial charge in [-0.1, -0.05) is 42.1 Å². The zero-order chi connectivity index (χ0) is 19.4. The van der Waals surface area contributed by atoms with Crippen LogP contribution >= 0.6 is 11.8 Å². The first-order valence-electron chi connectivity index (χ1n) is 9.29. The fraction of sp³-hybridized carbons (Fsp3) is 0.333. The van der Waals surface area contributed by atoms with E-state index in [2.05, 4.69) is 22.3 Å². The molecule has 0 radical (unpaired) electrons. The molecule has 7 heteroatoms. The average Bonchev–Trinajstić information content (AvgIpc) is 2.75. The van der Waals surface area contributed by atoms with Crippen molar-refractivity contribution in [3.8, 4) is 5.75 Å². The Morgan fingerprint density at radius 3 is 2.61 bits per heavy atom. The summed E-state index contributed by atoms with van der Waals surface area (Å²) in [6, 6.07) is 17.8. The Morgan fingerprint density at radius 1 is 1.11 bits per heavy atom. The van der Waals surface area contributed by atoms with Gasteiger partial charge in [-0.05, 0) is 41.8 Å². The molecule has 1 fully saturated rings. The van der Waals surface area contributed by atoms with Crippen LogP contribution in [-0.4, -0.2) is 37.5 Å². The van der Waals surface area contributed by atoms with Crippen molar-refractivity contribution < 1.29 is 14.2 Å². The van der Waals surface area contributed by atoms with E-state index in [1.165, 1.54) is 17.3 Å². The zero-order valence-electron chi connectivity index (χ0n) is 15.7. The van der Waals surface area contributed by atoms with Gasteiger partial charge in [0.2, 0.25) is 0 Å². The molecule has 0 atom stereocenters. The summed E-state index contributed by atoms with van der Waals surface area (Å²) < 4.78 is 16.7. The molecule has 2 N–H and O–H groups in total. The Labute approximate surface area is 169 Å². The van der Waals surface area contributed by atoms with E-state index in [0.29, 0.717) is 11.8 Å². The predicted molar refractivity (Wildman–Crippen MR) is 114 cm³/mol. The Kier molecular flexibility index (Phi) is 8.36. The second kappa shape index (κ2) is 11.5. The molecule has 2 aromatic carbocycles. The second-order valence-electron chi connectivity index (χ2n) is 6.19. The molecule has 1 aliphatic heterocycles. The summed E-state index contributed by atoms with van der Waals surface area (Å²) in [5, 5.41) is 8.51. The van der Waals surface area contributed by atoms with Gasteiger partial charge in [-0.3, -0.25) is 0 Å². The number of ether oxygens (including phenoxy) is 3. The van der Waals surface area contributed by atoms with Gasteiger partial charge in [0.1, 0.15) is 5.75 Å². The smallest absolute Gasteiger partial charge is 0.180 e. The largest absolute Gasteiger partial charge is 0.493 e. The average molecular weight is 400 g/mol. The number of hydrogen-bond donors (Lipinski definition) is 1. The molecule has 0 aromatic heterocycles. The highest BCUT2D eigenvalue weighted by Crippen LogP contribution is 2.14. The lowest BCUT2D eigenvalue weighted by Gasteiger charge is -2.23. The molecule has 0 unspecified atom stereocenters. The van der Waals surface area contributed by atoms with E-state index in [1.54, 1.807) is 6.21 Å². The van der Waals surface area contributed by atoms with Crippen molar-refractivity contribution in [2.75, 3.05) is 19.8 Å². The highest BCUT2D eigenvalue weighted by atomic mass is 32.2. The maximum absolute atomic E-state index is 5.88. The number of amidine groups is 1. The third kappa shape index (κ3) is 7.34. The van der Waals surface area contributed by atoms with Crippen LogP contribution in [0.15, 0.2) is 64.8 Å². The minimum Gasteiger partial charge on any atom is -0.493 e. The van der Waals surface area contributed by atoms with E-state index >= 15 is 0 Å². The van der Waals surface area contributed by atoms with Crippen molar-refractivity contribution in [1.29, 1.82) is 0 Å². The predicted octanol–water partition coefficient (Wildman–Crippen LogP) is 3.80. The first-order chi connectivity index (χ1) is 13.8. The van der Waals surface area contributed by atoms with Crippen molar-refractivity contribution in [3.63, 3.8) is 0 Å². The Hall–Kier alpha value is -2.35. The fourth-order valence-electron chi connectivity index (χ4n) is 2.54. The van der Waals surface area contributed by atoms with Crippen LogP contribution < -0.4 is 10.5 Å². The van der Waals surface area contributed by atoms with Crippen molar-refractivity contribution in [3.05, 3.63) is 65.7 Å². The normalized spacial score (nSPS) is 15.8. The molecule has 1 heterocycles. The zero-order valence-corrected chi connectivity index (χ0v) is 16.5. The number of rotatable bonds is 8. The standard InChI is InChI=1S/C21H25N3O3S/c22-21(28-16-18-5-2-1-3-6-18)24-23-15-17-7-9-19(10-8-17)25-14-11-20-26-12-4-13-27-20/h1-3,5-10,15,20H,4,11-14,16H2,(H2,22,24). The van der Waals surface area contributed by atoms with Crippen LogP contribution in [0.5, 0.6) is 5.75 Å². The fourth-order valence-corrected chi connectivity index (χ4v) is 3.15. The van der Waals surface area contributed by atoms with Crippen molar-refractivity contribution in [2.24, 2.45) is 15.9 Å². The highest BCUT2D eigenvalue weighted by molar-refractivity contribution is 8.13. The second-order valence-corrected chi connectivity index (χ2v) is 7.18. The van der Waals surface area contributed by atoms with Crippen LogP contribution in [0, 0.1) is 0 Å². The van der Waals surface area contributed by atoms with Crippen LogP contribution in [0.3, 0.4) is 0 Å². The van der Waals surface area contributed by atoms with E-state index in [9.17, 15) is 0 Å². The molecule has 28 heavy (non-hydrogen) atoms. The van der Waals surface area contributed by atoms with Gasteiger partial charge in [0.15, 0.2) is 11.5 Å². The van der Waals surface area contributed by atoms with Crippen LogP contribution in [-0.2, 0) is 15.2 Å². The van der Waals surface area contributed by atoms with Crippen LogP contribution in [0.1, 0.15) is 24.0 Å². The summed E-state index contributed by atoms with van der Waals surface area (Å²) >= 11 is 1.46. The molecule has 0 spiro atoms. The van der Waals surface area contributed by atoms with Crippen molar-refractivity contribution in [2.45, 2.75) is 24.9 Å². The number of benzene rings is 2. The molecule has 0 bridgehead atoms. The summed E-state index contributed by atoms with van der Waals surface area (Å²) in [7, 11) is 0. The first-order valence-corrected chi connectivity index (χ1v) is 10.3. The lowest BCUT2D eigenvalue weighted by Crippen LogP contribution is -2.26. The third-order valence-corrected chi connectivity index (χ3v) is 4.85. The molecule has 6 nitrogen and oxygen atoms in total. The number of hydrogen-bond acceptors (Lipinski definition) is 6. The van der Waals surface area contributed by atoms with E-state index in [1.807, 2.05) is 42.5 Å². The SMILES string of the molecule is NC(=NN=Cc1ccc(OCCC2OCCCO2)cc1)SCc1ccccc1. The molecule has 1 saturated heterocycles. The van der Waals surface area contributed by atoms with E-state index in [4.69, 9.17) is 19.9 Å². The lowest BCUT2D eigenvalue weighted by atomic mass is 10.2. The number of nitrogens with two attached hydrogens (primary N) is 1. The van der Waals surface area contributed by atoms with Gasteiger partial charge in [0.05, 0.1) is 26.0 Å². The van der Waals surface area contributed by atoms with Gasteiger partial charge >= 0.3 is 0 Å². The van der Waals surface area contributed by atoms with Crippen LogP contribution in [0.2, 0.25) is 0 Å². The minimum absolute atomic E-state index is 0.150. The van der Waals surface area contributed by atoms with Crippen LogP contribution in [0.25, 0.3) is 0 Å². The molecule has 148 valence electrons. The minimum atomic E-state index is -0.150. The Bertz CT molecular complexity index is 760. The molecule has 0 saturated carbocycles. The maximum Gasteiger partial charge on any atom is 0.180 e. The van der Waals surface area contributed by atoms with Crippen molar-refractivity contribution in [1.82, 2.24) is 0 Å². The Balaban J connectivity index is 1.39. The topological polar surface area (TPSA) is 78.4 Å².